The van der Waals surface area contributed by atoms with E-state index in [1.54, 1.807) is 18.2 Å². The number of rotatable bonds is 8. The summed E-state index contributed by atoms with van der Waals surface area (Å²) >= 11 is 1.08. The maximum absolute atomic E-state index is 14.4. The van der Waals surface area contributed by atoms with Crippen LogP contribution in [0.4, 0.5) is 23.2 Å². The molecule has 39 heavy (non-hydrogen) atoms. The van der Waals surface area contributed by atoms with Gasteiger partial charge in [0.1, 0.15) is 6.17 Å². The first-order chi connectivity index (χ1) is 18.7. The van der Waals surface area contributed by atoms with Gasteiger partial charge in [-0.2, -0.15) is 18.2 Å². The molecule has 208 valence electrons. The number of fused-ring (bicyclic) bond motifs is 1. The number of anilines is 1. The van der Waals surface area contributed by atoms with Crippen LogP contribution in [0.5, 0.6) is 0 Å². The Morgan fingerprint density at radius 2 is 2.18 bits per heavy atom. The Morgan fingerprint density at radius 1 is 1.33 bits per heavy atom. The van der Waals surface area contributed by atoms with Gasteiger partial charge < -0.3 is 26.2 Å². The first-order valence-electron chi connectivity index (χ1n) is 12.5. The van der Waals surface area contributed by atoms with Gasteiger partial charge in [0.05, 0.1) is 39.8 Å². The van der Waals surface area contributed by atoms with Crippen molar-refractivity contribution in [1.29, 1.82) is 0 Å². The molecule has 0 aliphatic carbocycles. The molecule has 0 spiro atoms. The van der Waals surface area contributed by atoms with Crippen molar-refractivity contribution in [3.05, 3.63) is 41.4 Å². The number of piperidine rings is 1. The van der Waals surface area contributed by atoms with Crippen molar-refractivity contribution in [2.75, 3.05) is 25.0 Å². The van der Waals surface area contributed by atoms with E-state index >= 15 is 0 Å². The molecule has 0 saturated carbocycles. The third-order valence-corrected chi connectivity index (χ3v) is 7.89. The molecule has 5 N–H and O–H groups in total. The van der Waals surface area contributed by atoms with Crippen molar-refractivity contribution in [1.82, 2.24) is 20.8 Å². The average molecular weight is 566 g/mol. The number of hydrogen-bond acceptors (Lipinski definition) is 9. The highest BCUT2D eigenvalue weighted by Crippen LogP contribution is 2.43. The van der Waals surface area contributed by atoms with Crippen LogP contribution in [0.25, 0.3) is 20.8 Å². The number of nitrogens with zero attached hydrogens (tertiary/aromatic N) is 3. The first kappa shape index (κ1) is 27.1. The van der Waals surface area contributed by atoms with Crippen LogP contribution in [-0.2, 0) is 17.8 Å². The van der Waals surface area contributed by atoms with Crippen molar-refractivity contribution in [2.45, 2.75) is 50.6 Å². The largest absolute Gasteiger partial charge is 0.404 e. The number of carbonyl (C=O) groups is 1. The fraction of sp³-hybridized carbons (Fsp3) is 0.440. The van der Waals surface area contributed by atoms with Crippen molar-refractivity contribution in [3.8, 4) is 10.7 Å². The van der Waals surface area contributed by atoms with Crippen LogP contribution < -0.4 is 21.7 Å². The molecule has 2 aliphatic heterocycles. The summed E-state index contributed by atoms with van der Waals surface area (Å²) in [6.07, 6.45) is -3.59. The summed E-state index contributed by atoms with van der Waals surface area (Å²) in [7, 11) is 0. The molecule has 0 radical (unpaired) electrons. The van der Waals surface area contributed by atoms with Gasteiger partial charge in [0.2, 0.25) is 11.7 Å². The lowest BCUT2D eigenvalue weighted by Gasteiger charge is -2.28. The molecule has 14 heteroatoms. The van der Waals surface area contributed by atoms with E-state index in [1.165, 1.54) is 6.20 Å². The molecule has 9 nitrogen and oxygen atoms in total. The van der Waals surface area contributed by atoms with Gasteiger partial charge in [-0.15, -0.1) is 11.3 Å². The molecular formula is C25H27F4N7O2S. The number of carbonyl (C=O) groups excluding carboxylic acids is 1. The molecule has 4 heterocycles. The lowest BCUT2D eigenvalue weighted by molar-refractivity contribution is -0.126. The van der Waals surface area contributed by atoms with Gasteiger partial charge in [-0.25, -0.2) is 4.39 Å². The topological polar surface area (TPSA) is 130 Å². The Labute approximate surface area is 224 Å². The van der Waals surface area contributed by atoms with E-state index in [0.29, 0.717) is 47.4 Å². The number of benzene rings is 1. The molecule has 2 aliphatic rings. The summed E-state index contributed by atoms with van der Waals surface area (Å²) in [6, 6.07) is 4.51. The fourth-order valence-electron chi connectivity index (χ4n) is 4.76. The second-order valence-corrected chi connectivity index (χ2v) is 10.4. The minimum atomic E-state index is -4.49. The second kappa shape index (κ2) is 11.3. The van der Waals surface area contributed by atoms with Crippen molar-refractivity contribution in [3.63, 3.8) is 0 Å². The lowest BCUT2D eigenvalue weighted by Crippen LogP contribution is -2.45. The number of nitrogens with two attached hydrogens (primary N) is 1. The number of aliphatic imine (C=N–C) groups is 1. The van der Waals surface area contributed by atoms with Gasteiger partial charge >= 0.3 is 6.18 Å². The van der Waals surface area contributed by atoms with Crippen LogP contribution >= 0.6 is 11.3 Å². The molecule has 5 rings (SSSR count). The molecule has 0 bridgehead atoms. The smallest absolute Gasteiger partial charge is 0.393 e. The lowest BCUT2D eigenvalue weighted by atomic mass is 10.0. The quantitative estimate of drug-likeness (QED) is 0.241. The number of nitrogens with one attached hydrogen (secondary N) is 3. The van der Waals surface area contributed by atoms with E-state index in [0.717, 1.165) is 17.8 Å². The monoisotopic (exact) mass is 565 g/mol. The highest BCUT2D eigenvalue weighted by Gasteiger charge is 2.33. The molecule has 2 unspecified atom stereocenters. The third-order valence-electron chi connectivity index (χ3n) is 6.61. The minimum absolute atomic E-state index is 0.0113. The van der Waals surface area contributed by atoms with Crippen molar-refractivity contribution >= 4 is 38.7 Å². The Bertz CT molecular complexity index is 1420. The molecule has 3 aromatic rings. The zero-order valence-corrected chi connectivity index (χ0v) is 21.6. The molecule has 1 saturated heterocycles. The second-order valence-electron chi connectivity index (χ2n) is 9.35. The summed E-state index contributed by atoms with van der Waals surface area (Å²) in [5.74, 6) is -0.463. The normalized spacial score (nSPS) is 20.3. The van der Waals surface area contributed by atoms with Crippen LogP contribution in [0.1, 0.15) is 30.7 Å². The number of halogens is 4. The number of hydrogen-bond donors (Lipinski definition) is 4. The van der Waals surface area contributed by atoms with Crippen LogP contribution in [0.3, 0.4) is 0 Å². The van der Waals surface area contributed by atoms with Crippen LogP contribution in [-0.4, -0.2) is 59.8 Å². The van der Waals surface area contributed by atoms with Gasteiger partial charge in [-0.3, -0.25) is 9.79 Å². The molecule has 1 fully saturated rings. The van der Waals surface area contributed by atoms with E-state index in [4.69, 9.17) is 10.3 Å². The van der Waals surface area contributed by atoms with Crippen LogP contribution in [0.15, 0.2) is 39.5 Å². The predicted octanol–water partition coefficient (Wildman–Crippen LogP) is 3.86. The molecule has 1 amide bonds. The Morgan fingerprint density at radius 3 is 2.90 bits per heavy atom. The summed E-state index contributed by atoms with van der Waals surface area (Å²) in [5, 5.41) is 13.1. The van der Waals surface area contributed by atoms with Crippen molar-refractivity contribution in [2.24, 2.45) is 10.7 Å². The number of thiophene rings is 1. The number of amides is 1. The van der Waals surface area contributed by atoms with E-state index in [2.05, 4.69) is 31.1 Å². The first-order valence-corrected chi connectivity index (χ1v) is 13.3. The molecule has 2 atom stereocenters. The highest BCUT2D eigenvalue weighted by atomic mass is 32.1. The SMILES string of the molecule is N/C=C(/C(=O)NCc1nc(-c2sc3c(NC4CCNCC4F)cccc3c2CC(F)(F)F)no1)C1=NCCC1. The van der Waals surface area contributed by atoms with Crippen LogP contribution in [0, 0.1) is 0 Å². The summed E-state index contributed by atoms with van der Waals surface area (Å²) in [4.78, 5) is 21.3. The standard InChI is InChI=1S/C25H27F4N7O2S/c26-16-11-31-8-6-18(16)34-19-4-1-3-13-14(9-25(27,28)29)22(39-21(13)19)23-35-20(38-36-23)12-33-24(37)15(10-30)17-5-2-7-32-17/h1,3-4,10,16,18,31,34H,2,5-9,11-12,30H2,(H,33,37)/b15-10+. The van der Waals surface area contributed by atoms with Gasteiger partial charge in [-0.05, 0) is 42.8 Å². The molecular weight excluding hydrogens is 538 g/mol. The summed E-state index contributed by atoms with van der Waals surface area (Å²) in [6.45, 7) is 1.34. The third kappa shape index (κ3) is 6.06. The minimum Gasteiger partial charge on any atom is -0.404 e. The Balaban J connectivity index is 1.41. The van der Waals surface area contributed by atoms with E-state index in [9.17, 15) is 22.4 Å². The Hall–Kier alpha value is -3.52. The summed E-state index contributed by atoms with van der Waals surface area (Å²) in [5.41, 5.74) is 7.05. The van der Waals surface area contributed by atoms with Gasteiger partial charge in [0, 0.05) is 25.0 Å². The Kier molecular flexibility index (Phi) is 7.84. The van der Waals surface area contributed by atoms with E-state index < -0.39 is 30.7 Å². The van der Waals surface area contributed by atoms with Gasteiger partial charge in [-0.1, -0.05) is 17.3 Å². The number of alkyl halides is 4. The highest BCUT2D eigenvalue weighted by molar-refractivity contribution is 7.23. The zero-order chi connectivity index (χ0) is 27.6. The van der Waals surface area contributed by atoms with Gasteiger partial charge in [0.15, 0.2) is 0 Å². The van der Waals surface area contributed by atoms with Gasteiger partial charge in [0.25, 0.3) is 5.91 Å². The maximum Gasteiger partial charge on any atom is 0.393 e. The average Bonchev–Trinajstić information content (AvgIpc) is 3.65. The van der Waals surface area contributed by atoms with Crippen LogP contribution in [0.2, 0.25) is 0 Å². The summed E-state index contributed by atoms with van der Waals surface area (Å²) < 4.78 is 61.1. The fourth-order valence-corrected chi connectivity index (χ4v) is 5.98. The maximum atomic E-state index is 14.4. The molecule has 2 aromatic heterocycles. The predicted molar refractivity (Wildman–Crippen MR) is 140 cm³/mol. The number of aromatic nitrogens is 2. The van der Waals surface area contributed by atoms with E-state index in [1.807, 2.05) is 0 Å². The van der Waals surface area contributed by atoms with E-state index in [-0.39, 0.29) is 40.8 Å². The zero-order valence-electron chi connectivity index (χ0n) is 20.8. The van der Waals surface area contributed by atoms with Crippen molar-refractivity contribution < 1.29 is 26.9 Å². The molecule has 1 aromatic carbocycles.